The van der Waals surface area contributed by atoms with Gasteiger partial charge in [-0.2, -0.15) is 0 Å². The largest absolute Gasteiger partial charge is 0.459 e. The van der Waals surface area contributed by atoms with Crippen molar-refractivity contribution in [2.45, 2.75) is 13.8 Å². The van der Waals surface area contributed by atoms with E-state index in [0.29, 0.717) is 22.9 Å². The number of benzene rings is 2. The fraction of sp³-hybridized carbons (Fsp3) is 0.105. The van der Waals surface area contributed by atoms with Crippen molar-refractivity contribution in [3.63, 3.8) is 0 Å². The van der Waals surface area contributed by atoms with Crippen LogP contribution in [0.3, 0.4) is 0 Å². The van der Waals surface area contributed by atoms with E-state index >= 15 is 0 Å². The molecule has 3 aromatic rings. The maximum absolute atomic E-state index is 12.3. The van der Waals surface area contributed by atoms with E-state index in [9.17, 15) is 4.79 Å². The molecule has 0 radical (unpaired) electrons. The number of hydrogen-bond donors (Lipinski definition) is 1. The van der Waals surface area contributed by atoms with Gasteiger partial charge in [-0.3, -0.25) is 4.79 Å². The van der Waals surface area contributed by atoms with Crippen LogP contribution in [0, 0.1) is 13.8 Å². The fourth-order valence-electron chi connectivity index (χ4n) is 2.18. The maximum Gasteiger partial charge on any atom is 0.291 e. The molecule has 116 valence electrons. The molecule has 0 aliphatic rings. The van der Waals surface area contributed by atoms with E-state index < -0.39 is 0 Å². The van der Waals surface area contributed by atoms with Gasteiger partial charge in [-0.1, -0.05) is 29.8 Å². The molecule has 3 rings (SSSR count). The second kappa shape index (κ2) is 6.40. The molecule has 0 saturated heterocycles. The summed E-state index contributed by atoms with van der Waals surface area (Å²) >= 11 is 0. The normalized spacial score (nSPS) is 10.3. The average Bonchev–Trinajstić information content (AvgIpc) is 2.97. The molecule has 4 heteroatoms. The van der Waals surface area contributed by atoms with Crippen molar-refractivity contribution in [2.75, 3.05) is 5.32 Å². The first kappa shape index (κ1) is 14.9. The highest BCUT2D eigenvalue weighted by Gasteiger charge is 2.15. The van der Waals surface area contributed by atoms with Gasteiger partial charge in [-0.15, -0.1) is 0 Å². The number of ether oxygens (including phenoxy) is 1. The Morgan fingerprint density at radius 2 is 1.74 bits per heavy atom. The molecule has 1 amide bonds. The summed E-state index contributed by atoms with van der Waals surface area (Å²) in [4.78, 5) is 12.3. The summed E-state index contributed by atoms with van der Waals surface area (Å²) in [5.74, 6) is 1.29. The number of para-hydroxylation sites is 2. The fourth-order valence-corrected chi connectivity index (χ4v) is 2.18. The SMILES string of the molecule is Cc1ccc(Oc2ccccc2NC(=O)c2occc2C)cc1. The van der Waals surface area contributed by atoms with Crippen LogP contribution in [0.2, 0.25) is 0 Å². The minimum Gasteiger partial charge on any atom is -0.459 e. The first-order chi connectivity index (χ1) is 11.1. The van der Waals surface area contributed by atoms with E-state index in [1.54, 1.807) is 12.1 Å². The van der Waals surface area contributed by atoms with Crippen LogP contribution in [-0.4, -0.2) is 5.91 Å². The number of carbonyl (C=O) groups excluding carboxylic acids is 1. The van der Waals surface area contributed by atoms with Crippen molar-refractivity contribution in [2.24, 2.45) is 0 Å². The molecule has 0 fully saturated rings. The van der Waals surface area contributed by atoms with Crippen molar-refractivity contribution in [3.8, 4) is 11.5 Å². The first-order valence-corrected chi connectivity index (χ1v) is 7.32. The zero-order valence-corrected chi connectivity index (χ0v) is 13.0. The molecule has 1 heterocycles. The van der Waals surface area contributed by atoms with Crippen molar-refractivity contribution in [3.05, 3.63) is 77.7 Å². The molecule has 0 spiro atoms. The van der Waals surface area contributed by atoms with Gasteiger partial charge < -0.3 is 14.5 Å². The summed E-state index contributed by atoms with van der Waals surface area (Å²) < 4.78 is 11.1. The van der Waals surface area contributed by atoms with E-state index in [0.717, 1.165) is 11.1 Å². The highest BCUT2D eigenvalue weighted by molar-refractivity contribution is 6.04. The third-order valence-corrected chi connectivity index (χ3v) is 3.45. The Hall–Kier alpha value is -3.01. The third kappa shape index (κ3) is 3.43. The lowest BCUT2D eigenvalue weighted by Crippen LogP contribution is -2.12. The predicted octanol–water partition coefficient (Wildman–Crippen LogP) is 4.94. The number of furan rings is 1. The van der Waals surface area contributed by atoms with Gasteiger partial charge in [0.25, 0.3) is 5.91 Å². The quantitative estimate of drug-likeness (QED) is 0.742. The van der Waals surface area contributed by atoms with E-state index in [1.165, 1.54) is 6.26 Å². The van der Waals surface area contributed by atoms with Gasteiger partial charge in [0, 0.05) is 5.56 Å². The van der Waals surface area contributed by atoms with Crippen molar-refractivity contribution in [1.82, 2.24) is 0 Å². The number of carbonyl (C=O) groups is 1. The molecule has 1 N–H and O–H groups in total. The Labute approximate surface area is 134 Å². The number of anilines is 1. The molecular weight excluding hydrogens is 290 g/mol. The highest BCUT2D eigenvalue weighted by atomic mass is 16.5. The van der Waals surface area contributed by atoms with Gasteiger partial charge in [0.2, 0.25) is 0 Å². The van der Waals surface area contributed by atoms with Crippen LogP contribution >= 0.6 is 0 Å². The molecule has 0 aliphatic heterocycles. The van der Waals surface area contributed by atoms with Crippen LogP contribution in [0.25, 0.3) is 0 Å². The van der Waals surface area contributed by atoms with Crippen LogP contribution < -0.4 is 10.1 Å². The zero-order valence-electron chi connectivity index (χ0n) is 13.0. The zero-order chi connectivity index (χ0) is 16.2. The molecule has 4 nitrogen and oxygen atoms in total. The summed E-state index contributed by atoms with van der Waals surface area (Å²) in [6.45, 7) is 3.84. The molecule has 0 aliphatic carbocycles. The van der Waals surface area contributed by atoms with Gasteiger partial charge in [0.15, 0.2) is 11.5 Å². The predicted molar refractivity (Wildman–Crippen MR) is 89.1 cm³/mol. The molecule has 0 unspecified atom stereocenters. The van der Waals surface area contributed by atoms with Gasteiger partial charge in [0.05, 0.1) is 12.0 Å². The van der Waals surface area contributed by atoms with E-state index in [-0.39, 0.29) is 5.91 Å². The van der Waals surface area contributed by atoms with E-state index in [2.05, 4.69) is 5.32 Å². The van der Waals surface area contributed by atoms with Crippen LogP contribution in [0.4, 0.5) is 5.69 Å². The Morgan fingerprint density at radius 3 is 2.43 bits per heavy atom. The third-order valence-electron chi connectivity index (χ3n) is 3.45. The summed E-state index contributed by atoms with van der Waals surface area (Å²) in [7, 11) is 0. The van der Waals surface area contributed by atoms with Gasteiger partial charge in [-0.05, 0) is 44.2 Å². The smallest absolute Gasteiger partial charge is 0.291 e. The summed E-state index contributed by atoms with van der Waals surface area (Å²) in [6, 6.07) is 16.8. The molecule has 23 heavy (non-hydrogen) atoms. The summed E-state index contributed by atoms with van der Waals surface area (Å²) in [6.07, 6.45) is 1.50. The number of rotatable bonds is 4. The van der Waals surface area contributed by atoms with Gasteiger partial charge in [-0.25, -0.2) is 0 Å². The number of nitrogens with one attached hydrogen (secondary N) is 1. The Morgan fingerprint density at radius 1 is 1.00 bits per heavy atom. The lowest BCUT2D eigenvalue weighted by atomic mass is 10.2. The van der Waals surface area contributed by atoms with Crippen molar-refractivity contribution >= 4 is 11.6 Å². The Bertz CT molecular complexity index is 819. The van der Waals surface area contributed by atoms with E-state index in [4.69, 9.17) is 9.15 Å². The highest BCUT2D eigenvalue weighted by Crippen LogP contribution is 2.30. The molecule has 1 aromatic heterocycles. The second-order valence-corrected chi connectivity index (χ2v) is 5.30. The Kier molecular flexibility index (Phi) is 4.15. The van der Waals surface area contributed by atoms with Crippen molar-refractivity contribution in [1.29, 1.82) is 0 Å². The monoisotopic (exact) mass is 307 g/mol. The first-order valence-electron chi connectivity index (χ1n) is 7.32. The molecule has 0 saturated carbocycles. The van der Waals surface area contributed by atoms with Crippen LogP contribution in [0.5, 0.6) is 11.5 Å². The van der Waals surface area contributed by atoms with E-state index in [1.807, 2.05) is 56.3 Å². The lowest BCUT2D eigenvalue weighted by Gasteiger charge is -2.12. The average molecular weight is 307 g/mol. The minimum atomic E-state index is -0.299. The van der Waals surface area contributed by atoms with Crippen LogP contribution in [0.15, 0.2) is 65.3 Å². The number of amides is 1. The molecular formula is C19H17NO3. The molecule has 0 atom stereocenters. The standard InChI is InChI=1S/C19H17NO3/c1-13-7-9-15(10-8-13)23-17-6-4-3-5-16(17)20-19(21)18-14(2)11-12-22-18/h3-12H,1-2H3,(H,20,21). The maximum atomic E-state index is 12.3. The Balaban J connectivity index is 1.82. The number of hydrogen-bond acceptors (Lipinski definition) is 3. The summed E-state index contributed by atoms with van der Waals surface area (Å²) in [5, 5.41) is 2.83. The topological polar surface area (TPSA) is 51.5 Å². The van der Waals surface area contributed by atoms with Crippen LogP contribution in [0.1, 0.15) is 21.7 Å². The van der Waals surface area contributed by atoms with Gasteiger partial charge >= 0.3 is 0 Å². The second-order valence-electron chi connectivity index (χ2n) is 5.30. The summed E-state index contributed by atoms with van der Waals surface area (Å²) in [5.41, 5.74) is 2.54. The molecule has 0 bridgehead atoms. The van der Waals surface area contributed by atoms with Crippen LogP contribution in [-0.2, 0) is 0 Å². The minimum absolute atomic E-state index is 0.299. The van der Waals surface area contributed by atoms with Gasteiger partial charge in [0.1, 0.15) is 5.75 Å². The lowest BCUT2D eigenvalue weighted by molar-refractivity contribution is 0.0995. The molecule has 2 aromatic carbocycles. The van der Waals surface area contributed by atoms with Crippen molar-refractivity contribution < 1.29 is 13.9 Å². The number of aryl methyl sites for hydroxylation is 2.